The number of nitrogens with zero attached hydrogens (tertiary/aromatic N) is 3. The summed E-state index contributed by atoms with van der Waals surface area (Å²) in [5.74, 6) is 1.07. The number of nitrogens with one attached hydrogen (secondary N) is 1. The first-order valence-corrected chi connectivity index (χ1v) is 14.4. The molecule has 6 heteroatoms. The number of hydrogen-bond donors (Lipinski definition) is 1. The fourth-order valence-electron chi connectivity index (χ4n) is 5.45. The molecule has 2 aromatic carbocycles. The first-order chi connectivity index (χ1) is 19.4. The number of likely N-dealkylation sites (tertiary alicyclic amines) is 1. The van der Waals surface area contributed by atoms with Crippen molar-refractivity contribution in [3.8, 4) is 11.6 Å². The number of aryl methyl sites for hydroxylation is 3. The van der Waals surface area contributed by atoms with E-state index in [0.29, 0.717) is 12.3 Å². The highest BCUT2D eigenvalue weighted by molar-refractivity contribution is 5.86. The summed E-state index contributed by atoms with van der Waals surface area (Å²) in [7, 11) is 0. The average molecular weight is 539 g/mol. The smallest absolute Gasteiger partial charge is 0.222 e. The fraction of sp³-hybridized carbons (Fsp3) is 0.353. The number of benzene rings is 2. The van der Waals surface area contributed by atoms with E-state index in [9.17, 15) is 4.39 Å². The minimum atomic E-state index is -0.242. The van der Waals surface area contributed by atoms with Gasteiger partial charge in [-0.25, -0.2) is 9.37 Å². The van der Waals surface area contributed by atoms with Crippen LogP contribution in [0, 0.1) is 19.7 Å². The van der Waals surface area contributed by atoms with Gasteiger partial charge in [0, 0.05) is 29.3 Å². The summed E-state index contributed by atoms with van der Waals surface area (Å²) in [4.78, 5) is 11.8. The van der Waals surface area contributed by atoms with Crippen LogP contribution in [0.1, 0.15) is 54.4 Å². The van der Waals surface area contributed by atoms with E-state index in [1.807, 2.05) is 19.1 Å². The predicted molar refractivity (Wildman–Crippen MR) is 162 cm³/mol. The molecule has 0 spiro atoms. The maximum Gasteiger partial charge on any atom is 0.222 e. The van der Waals surface area contributed by atoms with Crippen molar-refractivity contribution in [2.75, 3.05) is 25.0 Å². The normalized spacial score (nSPS) is 13.9. The van der Waals surface area contributed by atoms with Gasteiger partial charge in [-0.05, 0) is 119 Å². The molecule has 1 fully saturated rings. The van der Waals surface area contributed by atoms with Crippen LogP contribution in [0.5, 0.6) is 11.6 Å². The average Bonchev–Trinajstić information content (AvgIpc) is 2.95. The van der Waals surface area contributed by atoms with Crippen LogP contribution in [0.15, 0.2) is 73.2 Å². The lowest BCUT2D eigenvalue weighted by Crippen LogP contribution is -2.30. The van der Waals surface area contributed by atoms with E-state index >= 15 is 0 Å². The van der Waals surface area contributed by atoms with Crippen LogP contribution >= 0.6 is 0 Å². The molecule has 0 amide bonds. The fourth-order valence-corrected chi connectivity index (χ4v) is 5.45. The first-order valence-electron chi connectivity index (χ1n) is 14.4. The third-order valence-corrected chi connectivity index (χ3v) is 7.67. The second-order valence-corrected chi connectivity index (χ2v) is 10.9. The molecule has 0 saturated carbocycles. The Morgan fingerprint density at radius 1 is 0.975 bits per heavy atom. The van der Waals surface area contributed by atoms with Gasteiger partial charge in [-0.15, -0.1) is 0 Å². The Hall–Kier alpha value is -3.77. The number of allylic oxidation sites excluding steroid dienone is 1. The van der Waals surface area contributed by atoms with E-state index in [4.69, 9.17) is 4.74 Å². The standard InChI is InChI=1S/C34H39FN4O/c1-24-20-31-32(22-28(24)9-5-8-18-39-16-6-4-7-17-39)36-15-14-33(31)40-34-25(2)19-30(23-37-34)38-26(3)21-27-10-12-29(35)13-11-27/h10-15,19-20,22-23,38H,3-9,16-18,21H2,1-2H3. The molecule has 4 aromatic rings. The van der Waals surface area contributed by atoms with Crippen LogP contribution in [-0.4, -0.2) is 34.5 Å². The Bertz CT molecular complexity index is 1460. The SMILES string of the molecule is C=C(Cc1ccc(F)cc1)Nc1cnc(Oc2ccnc3cc(CCCCN4CCCCC4)c(C)cc23)c(C)c1. The lowest BCUT2D eigenvalue weighted by atomic mass is 9.99. The third-order valence-electron chi connectivity index (χ3n) is 7.67. The number of halogens is 1. The quantitative estimate of drug-likeness (QED) is 0.195. The van der Waals surface area contributed by atoms with Crippen molar-refractivity contribution in [2.24, 2.45) is 0 Å². The van der Waals surface area contributed by atoms with Crippen LogP contribution in [-0.2, 0) is 12.8 Å². The van der Waals surface area contributed by atoms with Gasteiger partial charge in [-0.3, -0.25) is 4.98 Å². The van der Waals surface area contributed by atoms with Crippen LogP contribution in [0.3, 0.4) is 0 Å². The molecule has 0 unspecified atom stereocenters. The molecule has 0 atom stereocenters. The lowest BCUT2D eigenvalue weighted by Gasteiger charge is -2.26. The van der Waals surface area contributed by atoms with Crippen molar-refractivity contribution in [3.05, 3.63) is 101 Å². The molecule has 208 valence electrons. The highest BCUT2D eigenvalue weighted by Crippen LogP contribution is 2.32. The number of piperidine rings is 1. The van der Waals surface area contributed by atoms with Crippen molar-refractivity contribution in [2.45, 2.75) is 58.8 Å². The number of ether oxygens (including phenoxy) is 1. The highest BCUT2D eigenvalue weighted by atomic mass is 19.1. The van der Waals surface area contributed by atoms with Gasteiger partial charge < -0.3 is 15.0 Å². The Kier molecular flexibility index (Phi) is 9.07. The molecular formula is C34H39FN4O. The second kappa shape index (κ2) is 13.1. The zero-order chi connectivity index (χ0) is 27.9. The number of aromatic nitrogens is 2. The van der Waals surface area contributed by atoms with Crippen LogP contribution in [0.25, 0.3) is 10.9 Å². The largest absolute Gasteiger partial charge is 0.438 e. The molecule has 0 radical (unpaired) electrons. The minimum absolute atomic E-state index is 0.242. The molecule has 5 rings (SSSR count). The van der Waals surface area contributed by atoms with Crippen LogP contribution < -0.4 is 10.1 Å². The molecule has 1 aliphatic rings. The summed E-state index contributed by atoms with van der Waals surface area (Å²) in [6.45, 7) is 12.0. The second-order valence-electron chi connectivity index (χ2n) is 10.9. The van der Waals surface area contributed by atoms with Crippen molar-refractivity contribution >= 4 is 16.6 Å². The zero-order valence-corrected chi connectivity index (χ0v) is 23.7. The molecule has 3 heterocycles. The minimum Gasteiger partial charge on any atom is -0.438 e. The highest BCUT2D eigenvalue weighted by Gasteiger charge is 2.13. The molecule has 1 saturated heterocycles. The summed E-state index contributed by atoms with van der Waals surface area (Å²) in [5.41, 5.74) is 7.11. The summed E-state index contributed by atoms with van der Waals surface area (Å²) >= 11 is 0. The lowest BCUT2D eigenvalue weighted by molar-refractivity contribution is 0.225. The topological polar surface area (TPSA) is 50.3 Å². The molecule has 1 aliphatic heterocycles. The van der Waals surface area contributed by atoms with Crippen LogP contribution in [0.2, 0.25) is 0 Å². The van der Waals surface area contributed by atoms with E-state index in [1.165, 1.54) is 75.0 Å². The first kappa shape index (κ1) is 27.8. The molecular weight excluding hydrogens is 499 g/mol. The van der Waals surface area contributed by atoms with Gasteiger partial charge >= 0.3 is 0 Å². The van der Waals surface area contributed by atoms with Crippen molar-refractivity contribution in [1.82, 2.24) is 14.9 Å². The van der Waals surface area contributed by atoms with Crippen molar-refractivity contribution in [3.63, 3.8) is 0 Å². The Morgan fingerprint density at radius 2 is 1.77 bits per heavy atom. The van der Waals surface area contributed by atoms with Gasteiger partial charge in [-0.1, -0.05) is 25.1 Å². The number of anilines is 1. The molecule has 40 heavy (non-hydrogen) atoms. The van der Waals surface area contributed by atoms with Gasteiger partial charge in [0.25, 0.3) is 0 Å². The number of pyridine rings is 2. The summed E-state index contributed by atoms with van der Waals surface area (Å²) in [6.07, 6.45) is 11.7. The Labute approximate surface area is 237 Å². The van der Waals surface area contributed by atoms with E-state index in [-0.39, 0.29) is 5.82 Å². The monoisotopic (exact) mass is 538 g/mol. The summed E-state index contributed by atoms with van der Waals surface area (Å²) in [6, 6.07) is 14.8. The van der Waals surface area contributed by atoms with Gasteiger partial charge in [0.2, 0.25) is 5.88 Å². The predicted octanol–water partition coefficient (Wildman–Crippen LogP) is 8.15. The van der Waals surface area contributed by atoms with Gasteiger partial charge in [0.1, 0.15) is 11.6 Å². The summed E-state index contributed by atoms with van der Waals surface area (Å²) < 4.78 is 19.5. The number of fused-ring (bicyclic) bond motifs is 1. The molecule has 5 nitrogen and oxygen atoms in total. The Balaban J connectivity index is 1.21. The maximum absolute atomic E-state index is 13.2. The molecule has 1 N–H and O–H groups in total. The van der Waals surface area contributed by atoms with E-state index in [2.05, 4.69) is 45.8 Å². The number of unbranched alkanes of at least 4 members (excludes halogenated alkanes) is 1. The molecule has 0 aliphatic carbocycles. The van der Waals surface area contributed by atoms with Crippen molar-refractivity contribution in [1.29, 1.82) is 0 Å². The van der Waals surface area contributed by atoms with Crippen molar-refractivity contribution < 1.29 is 9.13 Å². The molecule has 0 bridgehead atoms. The van der Waals surface area contributed by atoms with Gasteiger partial charge in [0.15, 0.2) is 0 Å². The maximum atomic E-state index is 13.2. The van der Waals surface area contributed by atoms with E-state index < -0.39 is 0 Å². The van der Waals surface area contributed by atoms with Gasteiger partial charge in [-0.2, -0.15) is 0 Å². The Morgan fingerprint density at radius 3 is 2.55 bits per heavy atom. The molecule has 2 aromatic heterocycles. The summed E-state index contributed by atoms with van der Waals surface area (Å²) in [5, 5.41) is 4.29. The van der Waals surface area contributed by atoms with Gasteiger partial charge in [0.05, 0.1) is 17.4 Å². The number of hydrogen-bond acceptors (Lipinski definition) is 5. The zero-order valence-electron chi connectivity index (χ0n) is 23.7. The van der Waals surface area contributed by atoms with Crippen LogP contribution in [0.4, 0.5) is 10.1 Å². The van der Waals surface area contributed by atoms with E-state index in [1.54, 1.807) is 24.5 Å². The number of rotatable bonds is 11. The third kappa shape index (κ3) is 7.24. The van der Waals surface area contributed by atoms with E-state index in [0.717, 1.165) is 45.6 Å².